The van der Waals surface area contributed by atoms with Crippen LogP contribution in [0.5, 0.6) is 0 Å². The second-order valence-corrected chi connectivity index (χ2v) is 9.32. The Hall–Kier alpha value is -3.22. The van der Waals surface area contributed by atoms with E-state index in [2.05, 4.69) is 4.98 Å². The predicted octanol–water partition coefficient (Wildman–Crippen LogP) is 2.55. The molecular weight excluding hydrogens is 404 g/mol. The number of nitrogens with zero attached hydrogens (tertiary/aromatic N) is 4. The molecule has 7 heteroatoms. The molecule has 3 aliphatic rings. The molecule has 1 unspecified atom stereocenters. The third kappa shape index (κ3) is 3.02. The van der Waals surface area contributed by atoms with E-state index in [4.69, 9.17) is 0 Å². The molecule has 0 N–H and O–H groups in total. The Bertz CT molecular complexity index is 1060. The van der Waals surface area contributed by atoms with Gasteiger partial charge in [-0.15, -0.1) is 0 Å². The maximum atomic E-state index is 13.9. The number of aromatic nitrogens is 1. The molecule has 3 aliphatic heterocycles. The van der Waals surface area contributed by atoms with Gasteiger partial charge < -0.3 is 14.7 Å². The van der Waals surface area contributed by atoms with Gasteiger partial charge in [0, 0.05) is 55.7 Å². The zero-order valence-corrected chi connectivity index (χ0v) is 18.5. The van der Waals surface area contributed by atoms with Gasteiger partial charge in [0.05, 0.1) is 11.5 Å². The van der Waals surface area contributed by atoms with Gasteiger partial charge in [-0.2, -0.15) is 0 Å². The highest BCUT2D eigenvalue weighted by molar-refractivity contribution is 6.03. The van der Waals surface area contributed by atoms with Crippen LogP contribution >= 0.6 is 0 Å². The van der Waals surface area contributed by atoms with Crippen LogP contribution in [-0.4, -0.2) is 75.2 Å². The van der Waals surface area contributed by atoms with Crippen molar-refractivity contribution < 1.29 is 14.4 Å². The minimum atomic E-state index is -0.734. The number of carbonyl (C=O) groups is 3. The van der Waals surface area contributed by atoms with Crippen molar-refractivity contribution >= 4 is 17.7 Å². The Balaban J connectivity index is 1.57. The van der Waals surface area contributed by atoms with Crippen LogP contribution in [0.1, 0.15) is 58.9 Å². The molecule has 4 heterocycles. The lowest BCUT2D eigenvalue weighted by Crippen LogP contribution is -2.78. The third-order valence-electron chi connectivity index (χ3n) is 7.06. The fourth-order valence-corrected chi connectivity index (χ4v) is 5.71. The van der Waals surface area contributed by atoms with E-state index in [0.29, 0.717) is 24.2 Å². The first kappa shape index (κ1) is 20.7. The molecule has 7 nitrogen and oxygen atoms in total. The number of amides is 3. The van der Waals surface area contributed by atoms with Gasteiger partial charge in [0.25, 0.3) is 11.8 Å². The molecule has 0 bridgehead atoms. The molecule has 3 amide bonds. The molecule has 32 heavy (non-hydrogen) atoms. The van der Waals surface area contributed by atoms with Crippen LogP contribution in [-0.2, 0) is 4.79 Å². The van der Waals surface area contributed by atoms with E-state index >= 15 is 0 Å². The molecule has 1 spiro atoms. The summed E-state index contributed by atoms with van der Waals surface area (Å²) in [5.41, 5.74) is 1.23. The Kier molecular flexibility index (Phi) is 4.99. The molecule has 2 fully saturated rings. The number of fused-ring (bicyclic) bond motifs is 1. The minimum Gasteiger partial charge on any atom is -0.342 e. The van der Waals surface area contributed by atoms with Crippen molar-refractivity contribution in [3.05, 3.63) is 65.5 Å². The fraction of sp³-hybridized carbons (Fsp3) is 0.440. The Morgan fingerprint density at radius 2 is 1.66 bits per heavy atom. The molecule has 1 aromatic carbocycles. The molecule has 5 rings (SSSR count). The van der Waals surface area contributed by atoms with Crippen molar-refractivity contribution in [3.8, 4) is 0 Å². The van der Waals surface area contributed by atoms with Crippen molar-refractivity contribution in [1.82, 2.24) is 19.7 Å². The molecule has 2 saturated heterocycles. The highest BCUT2D eigenvalue weighted by Gasteiger charge is 2.62. The minimum absolute atomic E-state index is 0.0583. The second-order valence-electron chi connectivity index (χ2n) is 9.32. The van der Waals surface area contributed by atoms with Gasteiger partial charge in [-0.1, -0.05) is 18.2 Å². The summed E-state index contributed by atoms with van der Waals surface area (Å²) in [5, 5.41) is 0. The van der Waals surface area contributed by atoms with Gasteiger partial charge in [0.2, 0.25) is 5.91 Å². The Labute approximate surface area is 188 Å². The molecule has 0 radical (unpaired) electrons. The van der Waals surface area contributed by atoms with Crippen LogP contribution in [0.3, 0.4) is 0 Å². The average molecular weight is 433 g/mol. The van der Waals surface area contributed by atoms with Gasteiger partial charge >= 0.3 is 0 Å². The van der Waals surface area contributed by atoms with E-state index in [1.807, 2.05) is 47.9 Å². The number of likely N-dealkylation sites (tertiary alicyclic amines) is 2. The lowest BCUT2D eigenvalue weighted by atomic mass is 9.67. The summed E-state index contributed by atoms with van der Waals surface area (Å²) in [5.74, 6) is -0.556. The number of rotatable bonds is 3. The number of hydrogen-bond acceptors (Lipinski definition) is 4. The van der Waals surface area contributed by atoms with Crippen LogP contribution in [0.25, 0.3) is 0 Å². The summed E-state index contributed by atoms with van der Waals surface area (Å²) in [4.78, 5) is 50.1. The molecule has 0 aliphatic carbocycles. The first-order valence-electron chi connectivity index (χ1n) is 11.3. The standard InChI is InChI=1S/C25H28N4O3/c1-17(2)29-23(31)20-8-4-3-7-19(20)21(24(32)27-13-5-6-14-27)25(29)15-28(16-25)22(30)18-9-11-26-12-10-18/h3-4,7-12,17,21H,5-6,13-16H2,1-2H3. The van der Waals surface area contributed by atoms with Crippen molar-refractivity contribution in [3.63, 3.8) is 0 Å². The normalized spacial score (nSPS) is 21.7. The molecule has 1 atom stereocenters. The van der Waals surface area contributed by atoms with E-state index in [1.165, 1.54) is 0 Å². The van der Waals surface area contributed by atoms with E-state index < -0.39 is 11.5 Å². The summed E-state index contributed by atoms with van der Waals surface area (Å²) >= 11 is 0. The van der Waals surface area contributed by atoms with Gasteiger partial charge in [0.15, 0.2) is 0 Å². The van der Waals surface area contributed by atoms with Crippen LogP contribution in [0.2, 0.25) is 0 Å². The molecule has 166 valence electrons. The maximum absolute atomic E-state index is 13.9. The summed E-state index contributed by atoms with van der Waals surface area (Å²) < 4.78 is 0. The third-order valence-corrected chi connectivity index (χ3v) is 7.06. The van der Waals surface area contributed by atoms with Gasteiger partial charge in [0.1, 0.15) is 0 Å². The van der Waals surface area contributed by atoms with Crippen LogP contribution < -0.4 is 0 Å². The van der Waals surface area contributed by atoms with Crippen LogP contribution in [0.4, 0.5) is 0 Å². The van der Waals surface area contributed by atoms with E-state index in [9.17, 15) is 14.4 Å². The monoisotopic (exact) mass is 432 g/mol. The molecular formula is C25H28N4O3. The van der Waals surface area contributed by atoms with Gasteiger partial charge in [-0.25, -0.2) is 0 Å². The second kappa shape index (κ2) is 7.73. The van der Waals surface area contributed by atoms with Gasteiger partial charge in [-0.3, -0.25) is 19.4 Å². The van der Waals surface area contributed by atoms with Crippen molar-refractivity contribution in [2.45, 2.75) is 44.2 Å². The average Bonchev–Trinajstić information content (AvgIpc) is 3.32. The number of carbonyl (C=O) groups excluding carboxylic acids is 3. The van der Waals surface area contributed by atoms with Crippen molar-refractivity contribution in [2.24, 2.45) is 0 Å². The Morgan fingerprint density at radius 3 is 2.31 bits per heavy atom. The first-order chi connectivity index (χ1) is 15.4. The Morgan fingerprint density at radius 1 is 1.00 bits per heavy atom. The number of pyridine rings is 1. The summed E-state index contributed by atoms with van der Waals surface area (Å²) in [7, 11) is 0. The quantitative estimate of drug-likeness (QED) is 0.747. The maximum Gasteiger partial charge on any atom is 0.255 e. The fourth-order valence-electron chi connectivity index (χ4n) is 5.71. The van der Waals surface area contributed by atoms with E-state index in [0.717, 1.165) is 31.5 Å². The molecule has 1 aromatic heterocycles. The lowest BCUT2D eigenvalue weighted by Gasteiger charge is -2.62. The molecule has 2 aromatic rings. The highest BCUT2D eigenvalue weighted by atomic mass is 16.2. The summed E-state index contributed by atoms with van der Waals surface area (Å²) in [6.07, 6.45) is 5.21. The summed E-state index contributed by atoms with van der Waals surface area (Å²) in [6, 6.07) is 10.8. The van der Waals surface area contributed by atoms with E-state index in [1.54, 1.807) is 29.4 Å². The first-order valence-corrected chi connectivity index (χ1v) is 11.3. The predicted molar refractivity (Wildman–Crippen MR) is 119 cm³/mol. The van der Waals surface area contributed by atoms with Crippen molar-refractivity contribution in [1.29, 1.82) is 0 Å². The number of hydrogen-bond donors (Lipinski definition) is 0. The zero-order valence-electron chi connectivity index (χ0n) is 18.5. The topological polar surface area (TPSA) is 73.8 Å². The highest BCUT2D eigenvalue weighted by Crippen LogP contribution is 2.48. The van der Waals surface area contributed by atoms with Gasteiger partial charge in [-0.05, 0) is 50.5 Å². The van der Waals surface area contributed by atoms with E-state index in [-0.39, 0.29) is 23.8 Å². The SMILES string of the molecule is CC(C)N1C(=O)c2ccccc2C(C(=O)N2CCCC2)C12CN(C(=O)c1ccncc1)C2. The van der Waals surface area contributed by atoms with Crippen LogP contribution in [0, 0.1) is 0 Å². The zero-order chi connectivity index (χ0) is 22.5. The lowest BCUT2D eigenvalue weighted by molar-refractivity contribution is -0.141. The smallest absolute Gasteiger partial charge is 0.255 e. The molecule has 0 saturated carbocycles. The summed E-state index contributed by atoms with van der Waals surface area (Å²) in [6.45, 7) is 6.16. The number of benzene rings is 1. The van der Waals surface area contributed by atoms with Crippen molar-refractivity contribution in [2.75, 3.05) is 26.2 Å². The van der Waals surface area contributed by atoms with Crippen LogP contribution in [0.15, 0.2) is 48.8 Å². The largest absolute Gasteiger partial charge is 0.342 e.